The minimum atomic E-state index is -0.431. The zero-order valence-electron chi connectivity index (χ0n) is 24.3. The minimum Gasteiger partial charge on any atom is -0.376 e. The van der Waals surface area contributed by atoms with Crippen molar-refractivity contribution in [3.63, 3.8) is 0 Å². The Hall–Kier alpha value is -3.31. The summed E-state index contributed by atoms with van der Waals surface area (Å²) in [5.74, 6) is 1.82. The van der Waals surface area contributed by atoms with Crippen LogP contribution in [0, 0.1) is 12.7 Å². The molecule has 0 saturated carbocycles. The maximum Gasteiger partial charge on any atom is 0.258 e. The van der Waals surface area contributed by atoms with Crippen molar-refractivity contribution >= 4 is 46.0 Å². The van der Waals surface area contributed by atoms with Gasteiger partial charge in [0.2, 0.25) is 0 Å². The van der Waals surface area contributed by atoms with Crippen molar-refractivity contribution in [1.29, 1.82) is 0 Å². The van der Waals surface area contributed by atoms with Gasteiger partial charge in [-0.3, -0.25) is 4.90 Å². The molecule has 43 heavy (non-hydrogen) atoms. The van der Waals surface area contributed by atoms with Gasteiger partial charge >= 0.3 is 0 Å². The number of piperazine rings is 1. The Balaban J connectivity index is 1.27. The van der Waals surface area contributed by atoms with Crippen molar-refractivity contribution < 1.29 is 9.13 Å². The fourth-order valence-corrected chi connectivity index (χ4v) is 6.99. The van der Waals surface area contributed by atoms with E-state index in [1.54, 1.807) is 12.4 Å². The van der Waals surface area contributed by atoms with E-state index in [0.29, 0.717) is 17.3 Å². The molecule has 0 radical (unpaired) electrons. The SMILES string of the molecule is Cc1nc2c(N3C[C@@H](C)N(C(c4ccc(Cl)cc4)c4ccc(F)c(Cl)c4)C[C@@H]3C)nc3nncn3c2n1C[C@@H]1CCCO1. The summed E-state index contributed by atoms with van der Waals surface area (Å²) in [6, 6.07) is 12.9. The highest BCUT2D eigenvalue weighted by Crippen LogP contribution is 2.37. The molecular weight excluding hydrogens is 590 g/mol. The highest BCUT2D eigenvalue weighted by molar-refractivity contribution is 6.31. The van der Waals surface area contributed by atoms with E-state index in [9.17, 15) is 4.39 Å². The molecule has 12 heteroatoms. The largest absolute Gasteiger partial charge is 0.376 e. The monoisotopic (exact) mass is 622 g/mol. The van der Waals surface area contributed by atoms with Gasteiger partial charge in [0, 0.05) is 36.8 Å². The summed E-state index contributed by atoms with van der Waals surface area (Å²) in [6.45, 7) is 9.38. The molecule has 0 aliphatic carbocycles. The van der Waals surface area contributed by atoms with E-state index >= 15 is 0 Å². The van der Waals surface area contributed by atoms with Crippen LogP contribution in [-0.2, 0) is 11.3 Å². The third-order valence-corrected chi connectivity index (χ3v) is 9.34. The molecule has 0 N–H and O–H groups in total. The van der Waals surface area contributed by atoms with E-state index in [1.165, 1.54) is 6.07 Å². The molecule has 0 amide bonds. The maximum absolute atomic E-state index is 14.2. The molecule has 7 rings (SSSR count). The second-order valence-electron chi connectivity index (χ2n) is 11.7. The van der Waals surface area contributed by atoms with Gasteiger partial charge in [0.1, 0.15) is 23.5 Å². The molecule has 224 valence electrons. The van der Waals surface area contributed by atoms with Gasteiger partial charge in [-0.25, -0.2) is 13.8 Å². The highest BCUT2D eigenvalue weighted by Gasteiger charge is 2.37. The van der Waals surface area contributed by atoms with Crippen molar-refractivity contribution in [3.8, 4) is 0 Å². The maximum atomic E-state index is 14.2. The van der Waals surface area contributed by atoms with Crippen LogP contribution in [0.25, 0.3) is 16.9 Å². The fourth-order valence-electron chi connectivity index (χ4n) is 6.67. The van der Waals surface area contributed by atoms with Crippen LogP contribution in [0.5, 0.6) is 0 Å². The standard InChI is InChI=1S/C31H33Cl2FN8O/c1-18-15-40(19(2)14-39(18)28(21-6-9-23(32)10-7-21)22-8-11-26(34)25(33)13-22)29-27-30(42-17-35-38-31(42)37-29)41(20(3)36-27)16-24-5-4-12-43-24/h6-11,13,17-19,24,28H,4-5,12,14-16H2,1-3H3/t18-,19+,24+,28?/m1/s1. The molecule has 2 fully saturated rings. The molecule has 3 aromatic heterocycles. The number of imidazole rings is 1. The summed E-state index contributed by atoms with van der Waals surface area (Å²) in [6.07, 6.45) is 3.97. The van der Waals surface area contributed by atoms with Crippen LogP contribution in [0.1, 0.15) is 49.7 Å². The van der Waals surface area contributed by atoms with Crippen molar-refractivity contribution in [2.24, 2.45) is 0 Å². The molecule has 2 aliphatic rings. The molecule has 4 atom stereocenters. The Kier molecular flexibility index (Phi) is 7.49. The van der Waals surface area contributed by atoms with Crippen LogP contribution in [0.4, 0.5) is 10.2 Å². The Morgan fingerprint density at radius 2 is 1.81 bits per heavy atom. The lowest BCUT2D eigenvalue weighted by Gasteiger charge is -2.48. The first-order valence-electron chi connectivity index (χ1n) is 14.7. The lowest BCUT2D eigenvalue weighted by Crippen LogP contribution is -2.57. The fraction of sp³-hybridized carbons (Fsp3) is 0.419. The van der Waals surface area contributed by atoms with Gasteiger partial charge in [-0.15, -0.1) is 10.2 Å². The first kappa shape index (κ1) is 28.5. The molecule has 2 saturated heterocycles. The summed E-state index contributed by atoms with van der Waals surface area (Å²) in [7, 11) is 0. The van der Waals surface area contributed by atoms with E-state index in [1.807, 2.05) is 41.7 Å². The number of aryl methyl sites for hydroxylation is 1. The van der Waals surface area contributed by atoms with Crippen molar-refractivity contribution in [3.05, 3.63) is 81.6 Å². The molecule has 1 unspecified atom stereocenters. The van der Waals surface area contributed by atoms with E-state index < -0.39 is 5.82 Å². The van der Waals surface area contributed by atoms with Gasteiger partial charge in [0.15, 0.2) is 11.5 Å². The first-order valence-corrected chi connectivity index (χ1v) is 15.4. The van der Waals surface area contributed by atoms with Gasteiger partial charge in [0.25, 0.3) is 5.78 Å². The molecule has 9 nitrogen and oxygen atoms in total. The van der Waals surface area contributed by atoms with Crippen molar-refractivity contribution in [2.45, 2.75) is 64.4 Å². The number of nitrogens with zero attached hydrogens (tertiary/aromatic N) is 8. The van der Waals surface area contributed by atoms with Crippen LogP contribution in [0.3, 0.4) is 0 Å². The average Bonchev–Trinajstić information content (AvgIpc) is 3.74. The Bertz CT molecular complexity index is 1780. The summed E-state index contributed by atoms with van der Waals surface area (Å²) < 4.78 is 24.3. The van der Waals surface area contributed by atoms with Crippen molar-refractivity contribution in [2.75, 3.05) is 24.6 Å². The van der Waals surface area contributed by atoms with Gasteiger partial charge in [-0.1, -0.05) is 41.4 Å². The number of rotatable bonds is 6. The molecule has 0 bridgehead atoms. The van der Waals surface area contributed by atoms with Crippen LogP contribution >= 0.6 is 23.2 Å². The Labute approximate surface area is 259 Å². The van der Waals surface area contributed by atoms with Crippen LogP contribution in [-0.4, -0.2) is 71.9 Å². The second-order valence-corrected chi connectivity index (χ2v) is 12.5. The third-order valence-electron chi connectivity index (χ3n) is 8.80. The third kappa shape index (κ3) is 5.14. The summed E-state index contributed by atoms with van der Waals surface area (Å²) in [5, 5.41) is 9.29. The van der Waals surface area contributed by atoms with Gasteiger partial charge in [-0.05, 0) is 69.0 Å². The van der Waals surface area contributed by atoms with E-state index in [2.05, 4.69) is 38.4 Å². The number of fused-ring (bicyclic) bond motifs is 3. The number of aromatic nitrogens is 6. The number of benzene rings is 2. The number of hydrogen-bond donors (Lipinski definition) is 0. The molecule has 2 aliphatic heterocycles. The number of ether oxygens (including phenoxy) is 1. The zero-order valence-corrected chi connectivity index (χ0v) is 25.8. The lowest BCUT2D eigenvalue weighted by atomic mass is 9.93. The molecular formula is C31H33Cl2FN8O. The van der Waals surface area contributed by atoms with Gasteiger partial charge < -0.3 is 14.2 Å². The Morgan fingerprint density at radius 1 is 1.02 bits per heavy atom. The summed E-state index contributed by atoms with van der Waals surface area (Å²) in [5.41, 5.74) is 3.75. The van der Waals surface area contributed by atoms with Gasteiger partial charge in [0.05, 0.1) is 23.7 Å². The minimum absolute atomic E-state index is 0.0756. The topological polar surface area (TPSA) is 76.6 Å². The van der Waals surface area contributed by atoms with Crippen LogP contribution in [0.15, 0.2) is 48.8 Å². The van der Waals surface area contributed by atoms with E-state index in [0.717, 1.165) is 66.5 Å². The highest BCUT2D eigenvalue weighted by atomic mass is 35.5. The molecule has 0 spiro atoms. The van der Waals surface area contributed by atoms with E-state index in [-0.39, 0.29) is 29.3 Å². The van der Waals surface area contributed by atoms with Gasteiger partial charge in [-0.2, -0.15) is 4.98 Å². The molecule has 5 aromatic rings. The predicted octanol–water partition coefficient (Wildman–Crippen LogP) is 6.10. The van der Waals surface area contributed by atoms with Crippen LogP contribution < -0.4 is 4.90 Å². The lowest BCUT2D eigenvalue weighted by molar-refractivity contribution is 0.0972. The van der Waals surface area contributed by atoms with E-state index in [4.69, 9.17) is 37.9 Å². The summed E-state index contributed by atoms with van der Waals surface area (Å²) in [4.78, 5) is 14.8. The quantitative estimate of drug-likeness (QED) is 0.227. The number of hydrogen-bond acceptors (Lipinski definition) is 7. The molecule has 2 aromatic carbocycles. The predicted molar refractivity (Wildman–Crippen MR) is 165 cm³/mol. The smallest absolute Gasteiger partial charge is 0.258 e. The Morgan fingerprint density at radius 3 is 2.56 bits per heavy atom. The zero-order chi connectivity index (χ0) is 29.8. The molecule has 5 heterocycles. The first-order chi connectivity index (χ1) is 20.8. The average molecular weight is 624 g/mol. The normalized spacial score (nSPS) is 22.2. The number of anilines is 1. The van der Waals surface area contributed by atoms with Crippen LogP contribution in [0.2, 0.25) is 10.0 Å². The number of halogens is 3. The second kappa shape index (κ2) is 11.3. The van der Waals surface area contributed by atoms with Crippen molar-refractivity contribution in [1.82, 2.24) is 34.0 Å². The summed E-state index contributed by atoms with van der Waals surface area (Å²) >= 11 is 12.5.